The summed E-state index contributed by atoms with van der Waals surface area (Å²) >= 11 is 7.30. The van der Waals surface area contributed by atoms with E-state index in [1.807, 2.05) is 48.5 Å². The molecule has 4 rings (SSSR count). The Morgan fingerprint density at radius 1 is 1.09 bits per heavy atom. The van der Waals surface area contributed by atoms with Crippen molar-refractivity contribution in [2.24, 2.45) is 0 Å². The van der Waals surface area contributed by atoms with E-state index in [4.69, 9.17) is 16.0 Å². The second-order valence-corrected chi connectivity index (χ2v) is 6.69. The molecule has 0 aliphatic rings. The van der Waals surface area contributed by atoms with Crippen LogP contribution in [0.2, 0.25) is 4.47 Å². The maximum atomic E-state index is 5.83. The lowest BCUT2D eigenvalue weighted by atomic mass is 10.2. The zero-order valence-corrected chi connectivity index (χ0v) is 13.6. The topological polar surface area (TPSA) is 51.0 Å². The minimum Gasteiger partial charge on any atom is -0.436 e. The molecule has 2 aromatic heterocycles. The Morgan fingerprint density at radius 3 is 2.65 bits per heavy atom. The molecule has 0 spiro atoms. The van der Waals surface area contributed by atoms with Crippen molar-refractivity contribution >= 4 is 39.7 Å². The zero-order chi connectivity index (χ0) is 15.6. The van der Waals surface area contributed by atoms with E-state index < -0.39 is 0 Å². The molecule has 1 N–H and O–H groups in total. The Balaban J connectivity index is 1.51. The molecule has 0 atom stereocenters. The fourth-order valence-corrected chi connectivity index (χ4v) is 3.20. The fourth-order valence-electron chi connectivity index (χ4n) is 2.28. The van der Waals surface area contributed by atoms with E-state index in [1.165, 1.54) is 11.3 Å². The second-order valence-electron chi connectivity index (χ2n) is 5.00. The average molecular weight is 342 g/mol. The Bertz CT molecular complexity index is 913. The molecule has 6 heteroatoms. The lowest BCUT2D eigenvalue weighted by molar-refractivity contribution is 0.620. The van der Waals surface area contributed by atoms with E-state index in [9.17, 15) is 0 Å². The smallest absolute Gasteiger partial charge is 0.227 e. The van der Waals surface area contributed by atoms with Crippen molar-refractivity contribution in [1.82, 2.24) is 9.97 Å². The number of benzene rings is 2. The number of fused-ring (bicyclic) bond motifs is 1. The van der Waals surface area contributed by atoms with Crippen LogP contribution in [0.25, 0.3) is 22.6 Å². The molecule has 0 aliphatic heterocycles. The normalized spacial score (nSPS) is 11.0. The Kier molecular flexibility index (Phi) is 3.73. The minimum absolute atomic E-state index is 0.563. The van der Waals surface area contributed by atoms with Crippen LogP contribution < -0.4 is 5.32 Å². The average Bonchev–Trinajstić information content (AvgIpc) is 3.19. The van der Waals surface area contributed by atoms with Crippen LogP contribution in [0.3, 0.4) is 0 Å². The first-order valence-corrected chi connectivity index (χ1v) is 8.27. The van der Waals surface area contributed by atoms with E-state index in [0.717, 1.165) is 27.2 Å². The molecule has 0 saturated carbocycles. The summed E-state index contributed by atoms with van der Waals surface area (Å²) in [5.41, 5.74) is 3.64. The van der Waals surface area contributed by atoms with E-state index in [0.29, 0.717) is 16.9 Å². The third kappa shape index (κ3) is 3.06. The van der Waals surface area contributed by atoms with Gasteiger partial charge in [0, 0.05) is 22.3 Å². The molecule has 0 aliphatic carbocycles. The Hall–Kier alpha value is -2.37. The first kappa shape index (κ1) is 14.2. The van der Waals surface area contributed by atoms with Gasteiger partial charge in [0.2, 0.25) is 5.89 Å². The maximum absolute atomic E-state index is 5.83. The van der Waals surface area contributed by atoms with E-state index in [2.05, 4.69) is 15.3 Å². The molecular formula is C17H12ClN3OS. The van der Waals surface area contributed by atoms with Gasteiger partial charge in [-0.05, 0) is 36.4 Å². The number of hydrogen-bond donors (Lipinski definition) is 1. The predicted octanol–water partition coefficient (Wildman–Crippen LogP) is 5.22. The molecule has 114 valence electrons. The van der Waals surface area contributed by atoms with Crippen LogP contribution in [0.5, 0.6) is 0 Å². The standard InChI is InChI=1S/C17H12ClN3OS/c18-17-20-10-13(23-17)9-19-12-7-5-11(6-8-12)16-21-14-3-1-2-4-15(14)22-16/h1-8,10,19H,9H2. The summed E-state index contributed by atoms with van der Waals surface area (Å²) in [6, 6.07) is 15.8. The van der Waals surface area contributed by atoms with Gasteiger partial charge in [-0.2, -0.15) is 0 Å². The van der Waals surface area contributed by atoms with Gasteiger partial charge in [0.25, 0.3) is 0 Å². The van der Waals surface area contributed by atoms with E-state index >= 15 is 0 Å². The van der Waals surface area contributed by atoms with Crippen LogP contribution >= 0.6 is 22.9 Å². The highest BCUT2D eigenvalue weighted by Gasteiger charge is 2.07. The minimum atomic E-state index is 0.563. The summed E-state index contributed by atoms with van der Waals surface area (Å²) in [5, 5.41) is 3.34. The van der Waals surface area contributed by atoms with E-state index in [1.54, 1.807) is 6.20 Å². The molecule has 4 nitrogen and oxygen atoms in total. The summed E-state index contributed by atoms with van der Waals surface area (Å²) in [6.45, 7) is 0.701. The monoisotopic (exact) mass is 341 g/mol. The van der Waals surface area contributed by atoms with Crippen molar-refractivity contribution in [3.8, 4) is 11.5 Å². The van der Waals surface area contributed by atoms with E-state index in [-0.39, 0.29) is 0 Å². The second kappa shape index (κ2) is 6.02. The fraction of sp³-hybridized carbons (Fsp3) is 0.0588. The summed E-state index contributed by atoms with van der Waals surface area (Å²) in [5.74, 6) is 0.631. The van der Waals surface area contributed by atoms with Gasteiger partial charge < -0.3 is 9.73 Å². The van der Waals surface area contributed by atoms with Gasteiger partial charge in [-0.1, -0.05) is 23.7 Å². The Morgan fingerprint density at radius 2 is 1.91 bits per heavy atom. The van der Waals surface area contributed by atoms with Crippen LogP contribution in [0.15, 0.2) is 59.1 Å². The van der Waals surface area contributed by atoms with Crippen LogP contribution in [0, 0.1) is 0 Å². The maximum Gasteiger partial charge on any atom is 0.227 e. The number of anilines is 1. The first-order chi connectivity index (χ1) is 11.3. The number of halogens is 1. The van der Waals surface area contributed by atoms with Gasteiger partial charge >= 0.3 is 0 Å². The van der Waals surface area contributed by atoms with Crippen LogP contribution in [-0.2, 0) is 6.54 Å². The number of aromatic nitrogens is 2. The van der Waals surface area contributed by atoms with Crippen LogP contribution in [-0.4, -0.2) is 9.97 Å². The summed E-state index contributed by atoms with van der Waals surface area (Å²) in [4.78, 5) is 9.62. The van der Waals surface area contributed by atoms with Crippen LogP contribution in [0.4, 0.5) is 5.69 Å². The molecule has 0 saturated heterocycles. The number of rotatable bonds is 4. The molecule has 4 aromatic rings. The van der Waals surface area contributed by atoms with Crippen molar-refractivity contribution < 1.29 is 4.42 Å². The molecular weight excluding hydrogens is 330 g/mol. The molecule has 0 unspecified atom stereocenters. The molecule has 23 heavy (non-hydrogen) atoms. The number of oxazole rings is 1. The summed E-state index contributed by atoms with van der Waals surface area (Å²) < 4.78 is 6.34. The van der Waals surface area contributed by atoms with Gasteiger partial charge in [0.1, 0.15) is 5.52 Å². The zero-order valence-electron chi connectivity index (χ0n) is 12.0. The third-order valence-corrected chi connectivity index (χ3v) is 4.53. The lowest BCUT2D eigenvalue weighted by Gasteiger charge is -2.04. The van der Waals surface area contributed by atoms with Crippen molar-refractivity contribution in [3.63, 3.8) is 0 Å². The van der Waals surface area contributed by atoms with Crippen molar-refractivity contribution in [1.29, 1.82) is 0 Å². The molecule has 0 bridgehead atoms. The summed E-state index contributed by atoms with van der Waals surface area (Å²) in [7, 11) is 0. The highest BCUT2D eigenvalue weighted by molar-refractivity contribution is 7.15. The predicted molar refractivity (Wildman–Crippen MR) is 93.9 cm³/mol. The van der Waals surface area contributed by atoms with Crippen LogP contribution in [0.1, 0.15) is 4.88 Å². The van der Waals surface area contributed by atoms with Crippen molar-refractivity contribution in [2.75, 3.05) is 5.32 Å². The lowest BCUT2D eigenvalue weighted by Crippen LogP contribution is -1.96. The number of nitrogens with one attached hydrogen (secondary N) is 1. The molecule has 2 aromatic carbocycles. The summed E-state index contributed by atoms with van der Waals surface area (Å²) in [6.07, 6.45) is 1.78. The number of para-hydroxylation sites is 2. The SMILES string of the molecule is Clc1ncc(CNc2ccc(-c3nc4ccccc4o3)cc2)s1. The quantitative estimate of drug-likeness (QED) is 0.553. The van der Waals surface area contributed by atoms with Crippen molar-refractivity contribution in [3.05, 3.63) is 64.1 Å². The first-order valence-electron chi connectivity index (χ1n) is 7.08. The molecule has 0 fully saturated rings. The molecule has 0 radical (unpaired) electrons. The number of nitrogens with zero attached hydrogens (tertiary/aromatic N) is 2. The number of thiazole rings is 1. The molecule has 2 heterocycles. The number of hydrogen-bond acceptors (Lipinski definition) is 5. The van der Waals surface area contributed by atoms with Gasteiger partial charge in [-0.3, -0.25) is 0 Å². The van der Waals surface area contributed by atoms with Gasteiger partial charge in [0.05, 0.1) is 6.54 Å². The Labute approximate surface area is 141 Å². The van der Waals surface area contributed by atoms with Gasteiger partial charge in [0.15, 0.2) is 10.0 Å². The largest absolute Gasteiger partial charge is 0.436 e. The highest BCUT2D eigenvalue weighted by atomic mass is 35.5. The third-order valence-electron chi connectivity index (χ3n) is 3.42. The van der Waals surface area contributed by atoms with Gasteiger partial charge in [-0.15, -0.1) is 11.3 Å². The molecule has 0 amide bonds. The van der Waals surface area contributed by atoms with Gasteiger partial charge in [-0.25, -0.2) is 9.97 Å². The van der Waals surface area contributed by atoms with Crippen molar-refractivity contribution in [2.45, 2.75) is 6.54 Å². The highest BCUT2D eigenvalue weighted by Crippen LogP contribution is 2.25.